The molecule has 0 rings (SSSR count). The third kappa shape index (κ3) is 7.79. The van der Waals surface area contributed by atoms with Gasteiger partial charge in [0.2, 0.25) is 0 Å². The molecule has 0 bridgehead atoms. The van der Waals surface area contributed by atoms with Crippen LogP contribution in [0.25, 0.3) is 0 Å². The van der Waals surface area contributed by atoms with Crippen LogP contribution in [0.3, 0.4) is 0 Å². The summed E-state index contributed by atoms with van der Waals surface area (Å²) in [5.74, 6) is -0.255. The average Bonchev–Trinajstić information content (AvgIpc) is 2.01. The van der Waals surface area contributed by atoms with E-state index < -0.39 is 0 Å². The predicted octanol–water partition coefficient (Wildman–Crippen LogP) is 2.67. The van der Waals surface area contributed by atoms with E-state index in [-0.39, 0.29) is 10.8 Å². The van der Waals surface area contributed by atoms with Gasteiger partial charge >= 0.3 is 5.97 Å². The number of ether oxygens (including phenoxy) is 1. The molecule has 70 valence electrons. The Morgan fingerprint density at radius 2 is 2.33 bits per heavy atom. The number of alkyl halides is 1. The summed E-state index contributed by atoms with van der Waals surface area (Å²) in [5.41, 5.74) is 0. The van der Waals surface area contributed by atoms with Crippen LogP contribution in [0.1, 0.15) is 26.7 Å². The SMILES string of the molecule is CCCCOC(=O)C=CC(C)Br. The van der Waals surface area contributed by atoms with Gasteiger partial charge in [-0.05, 0) is 13.3 Å². The summed E-state index contributed by atoms with van der Waals surface area (Å²) in [5, 5.41) is 0. The van der Waals surface area contributed by atoms with E-state index in [1.165, 1.54) is 6.08 Å². The first kappa shape index (κ1) is 11.7. The fourth-order valence-corrected chi connectivity index (χ4v) is 0.729. The van der Waals surface area contributed by atoms with Crippen molar-refractivity contribution in [3.05, 3.63) is 12.2 Å². The van der Waals surface area contributed by atoms with Gasteiger partial charge in [0.15, 0.2) is 0 Å². The van der Waals surface area contributed by atoms with Crippen LogP contribution in [0.5, 0.6) is 0 Å². The van der Waals surface area contributed by atoms with Crippen LogP contribution < -0.4 is 0 Å². The highest BCUT2D eigenvalue weighted by atomic mass is 79.9. The maximum atomic E-state index is 10.9. The summed E-state index contributed by atoms with van der Waals surface area (Å²) in [6, 6.07) is 0. The number of carbonyl (C=O) groups is 1. The van der Waals surface area contributed by atoms with Crippen molar-refractivity contribution >= 4 is 21.9 Å². The van der Waals surface area contributed by atoms with E-state index in [2.05, 4.69) is 22.9 Å². The minimum absolute atomic E-state index is 0.219. The van der Waals surface area contributed by atoms with Crippen LogP contribution >= 0.6 is 15.9 Å². The molecule has 0 aliphatic heterocycles. The molecule has 0 aliphatic rings. The summed E-state index contributed by atoms with van der Waals surface area (Å²) in [6.07, 6.45) is 5.19. The second kappa shape index (κ2) is 7.35. The zero-order valence-corrected chi connectivity index (χ0v) is 9.13. The minimum atomic E-state index is -0.255. The van der Waals surface area contributed by atoms with Crippen molar-refractivity contribution < 1.29 is 9.53 Å². The van der Waals surface area contributed by atoms with Gasteiger partial charge in [0.25, 0.3) is 0 Å². The Labute approximate surface area is 82.1 Å². The van der Waals surface area contributed by atoms with Crippen molar-refractivity contribution in [2.75, 3.05) is 6.61 Å². The molecule has 0 saturated carbocycles. The van der Waals surface area contributed by atoms with Crippen molar-refractivity contribution in [3.8, 4) is 0 Å². The molecule has 0 aromatic rings. The van der Waals surface area contributed by atoms with Gasteiger partial charge in [0, 0.05) is 10.9 Å². The summed E-state index contributed by atoms with van der Waals surface area (Å²) >= 11 is 3.29. The molecule has 0 fully saturated rings. The molecule has 0 heterocycles. The molecule has 0 aromatic heterocycles. The van der Waals surface area contributed by atoms with Gasteiger partial charge in [-0.15, -0.1) is 0 Å². The van der Waals surface area contributed by atoms with Crippen LogP contribution in [-0.4, -0.2) is 17.4 Å². The normalized spacial score (nSPS) is 13.2. The highest BCUT2D eigenvalue weighted by Gasteiger charge is 1.95. The zero-order chi connectivity index (χ0) is 9.40. The van der Waals surface area contributed by atoms with Crippen LogP contribution in [0.2, 0.25) is 0 Å². The lowest BCUT2D eigenvalue weighted by molar-refractivity contribution is -0.137. The van der Waals surface area contributed by atoms with Crippen molar-refractivity contribution in [3.63, 3.8) is 0 Å². The maximum absolute atomic E-state index is 10.9. The predicted molar refractivity (Wildman–Crippen MR) is 53.4 cm³/mol. The Hall–Kier alpha value is -0.310. The van der Waals surface area contributed by atoms with Crippen molar-refractivity contribution in [1.29, 1.82) is 0 Å². The summed E-state index contributed by atoms with van der Waals surface area (Å²) in [7, 11) is 0. The summed E-state index contributed by atoms with van der Waals surface area (Å²) < 4.78 is 4.89. The van der Waals surface area contributed by atoms with E-state index in [1.807, 2.05) is 6.92 Å². The minimum Gasteiger partial charge on any atom is -0.463 e. The molecule has 1 atom stereocenters. The lowest BCUT2D eigenvalue weighted by Gasteiger charge is -1.99. The van der Waals surface area contributed by atoms with Crippen LogP contribution in [-0.2, 0) is 9.53 Å². The molecule has 3 heteroatoms. The lowest BCUT2D eigenvalue weighted by atomic mass is 10.4. The first-order valence-electron chi connectivity index (χ1n) is 4.15. The number of allylic oxidation sites excluding steroid dienone is 1. The monoisotopic (exact) mass is 234 g/mol. The fraction of sp³-hybridized carbons (Fsp3) is 0.667. The first-order chi connectivity index (χ1) is 5.66. The second-order valence-corrected chi connectivity index (χ2v) is 4.00. The Kier molecular flexibility index (Phi) is 7.16. The smallest absolute Gasteiger partial charge is 0.330 e. The van der Waals surface area contributed by atoms with E-state index in [0.29, 0.717) is 6.61 Å². The average molecular weight is 235 g/mol. The Balaban J connectivity index is 3.46. The van der Waals surface area contributed by atoms with E-state index in [4.69, 9.17) is 4.74 Å². The largest absolute Gasteiger partial charge is 0.463 e. The molecular formula is C9H15BrO2. The molecule has 12 heavy (non-hydrogen) atoms. The molecule has 0 radical (unpaired) electrons. The fourth-order valence-electron chi connectivity index (χ4n) is 0.576. The Morgan fingerprint density at radius 1 is 1.67 bits per heavy atom. The van der Waals surface area contributed by atoms with E-state index >= 15 is 0 Å². The molecule has 0 spiro atoms. The Morgan fingerprint density at radius 3 is 2.83 bits per heavy atom. The van der Waals surface area contributed by atoms with Crippen LogP contribution in [0.4, 0.5) is 0 Å². The summed E-state index contributed by atoms with van der Waals surface area (Å²) in [6.45, 7) is 4.52. The van der Waals surface area contributed by atoms with Gasteiger partial charge in [-0.25, -0.2) is 4.79 Å². The number of rotatable bonds is 5. The maximum Gasteiger partial charge on any atom is 0.330 e. The van der Waals surface area contributed by atoms with Crippen molar-refractivity contribution in [1.82, 2.24) is 0 Å². The topological polar surface area (TPSA) is 26.3 Å². The molecule has 0 aliphatic carbocycles. The standard InChI is InChI=1S/C9H15BrO2/c1-3-4-7-12-9(11)6-5-8(2)10/h5-6,8H,3-4,7H2,1-2H3. The Bertz CT molecular complexity index is 153. The van der Waals surface area contributed by atoms with Gasteiger partial charge in [0.05, 0.1) is 6.61 Å². The first-order valence-corrected chi connectivity index (χ1v) is 5.07. The number of hydrogen-bond donors (Lipinski definition) is 0. The quantitative estimate of drug-likeness (QED) is 0.317. The molecular weight excluding hydrogens is 220 g/mol. The van der Waals surface area contributed by atoms with Gasteiger partial charge in [-0.3, -0.25) is 0 Å². The third-order valence-corrected chi connectivity index (χ3v) is 1.54. The molecule has 0 aromatic carbocycles. The van der Waals surface area contributed by atoms with Gasteiger partial charge in [-0.1, -0.05) is 35.4 Å². The third-order valence-electron chi connectivity index (χ3n) is 1.24. The van der Waals surface area contributed by atoms with Crippen LogP contribution in [0, 0.1) is 0 Å². The van der Waals surface area contributed by atoms with E-state index in [0.717, 1.165) is 12.8 Å². The molecule has 2 nitrogen and oxygen atoms in total. The number of hydrogen-bond acceptors (Lipinski definition) is 2. The number of halogens is 1. The van der Waals surface area contributed by atoms with E-state index in [9.17, 15) is 4.79 Å². The van der Waals surface area contributed by atoms with Gasteiger partial charge in [0.1, 0.15) is 0 Å². The molecule has 0 N–H and O–H groups in total. The highest BCUT2D eigenvalue weighted by Crippen LogP contribution is 1.98. The van der Waals surface area contributed by atoms with Crippen LogP contribution in [0.15, 0.2) is 12.2 Å². The zero-order valence-electron chi connectivity index (χ0n) is 7.55. The molecule has 0 amide bonds. The number of esters is 1. The van der Waals surface area contributed by atoms with E-state index in [1.54, 1.807) is 6.08 Å². The molecule has 1 unspecified atom stereocenters. The van der Waals surface area contributed by atoms with Crippen molar-refractivity contribution in [2.45, 2.75) is 31.5 Å². The summed E-state index contributed by atoms with van der Waals surface area (Å²) in [4.78, 5) is 11.1. The highest BCUT2D eigenvalue weighted by molar-refractivity contribution is 9.09. The lowest BCUT2D eigenvalue weighted by Crippen LogP contribution is -2.02. The van der Waals surface area contributed by atoms with Gasteiger partial charge in [-0.2, -0.15) is 0 Å². The second-order valence-electron chi connectivity index (χ2n) is 2.56. The van der Waals surface area contributed by atoms with Crippen molar-refractivity contribution in [2.24, 2.45) is 0 Å². The number of carbonyl (C=O) groups excluding carboxylic acids is 1. The van der Waals surface area contributed by atoms with Gasteiger partial charge < -0.3 is 4.74 Å². The number of unbranched alkanes of at least 4 members (excludes halogenated alkanes) is 1. The molecule has 0 saturated heterocycles.